The fraction of sp³-hybridized carbons (Fsp3) is 0.821. The van der Waals surface area contributed by atoms with Gasteiger partial charge >= 0.3 is 11.9 Å². The van der Waals surface area contributed by atoms with Crippen molar-refractivity contribution < 1.29 is 33.7 Å². The van der Waals surface area contributed by atoms with Crippen LogP contribution in [0.25, 0.3) is 0 Å². The number of rotatable bonds is 36. The first-order valence-corrected chi connectivity index (χ1v) is 19.3. The van der Waals surface area contributed by atoms with Gasteiger partial charge in [0.15, 0.2) is 6.29 Å². The van der Waals surface area contributed by atoms with Gasteiger partial charge in [-0.1, -0.05) is 70.3 Å². The lowest BCUT2D eigenvalue weighted by Gasteiger charge is -2.22. The summed E-state index contributed by atoms with van der Waals surface area (Å²) in [4.78, 5) is 36.8. The van der Waals surface area contributed by atoms with E-state index in [4.69, 9.17) is 19.3 Å². The van der Waals surface area contributed by atoms with Gasteiger partial charge in [0.2, 0.25) is 5.91 Å². The zero-order chi connectivity index (χ0) is 35.3. The van der Waals surface area contributed by atoms with Crippen LogP contribution in [0.1, 0.15) is 156 Å². The van der Waals surface area contributed by atoms with Crippen LogP contribution in [0, 0.1) is 0 Å². The molecule has 0 aliphatic carbocycles. The van der Waals surface area contributed by atoms with Crippen molar-refractivity contribution in [2.24, 2.45) is 0 Å². The molecule has 48 heavy (non-hydrogen) atoms. The summed E-state index contributed by atoms with van der Waals surface area (Å²) in [6.07, 6.45) is 28.0. The second-order valence-electron chi connectivity index (χ2n) is 12.7. The van der Waals surface area contributed by atoms with Crippen LogP contribution in [0.3, 0.4) is 0 Å². The Morgan fingerprint density at radius 3 is 1.73 bits per heavy atom. The number of ether oxygens (including phenoxy) is 3. The highest BCUT2D eigenvalue weighted by molar-refractivity contribution is 5.72. The van der Waals surface area contributed by atoms with E-state index in [0.717, 1.165) is 135 Å². The molecule has 0 aromatic heterocycles. The van der Waals surface area contributed by atoms with Crippen molar-refractivity contribution in [3.8, 4) is 0 Å². The molecule has 0 radical (unpaired) electrons. The third kappa shape index (κ3) is 35.1. The molecule has 0 aliphatic heterocycles. The van der Waals surface area contributed by atoms with Crippen molar-refractivity contribution in [2.45, 2.75) is 162 Å². The van der Waals surface area contributed by atoms with Crippen molar-refractivity contribution in [3.05, 3.63) is 24.3 Å². The maximum absolute atomic E-state index is 12.5. The van der Waals surface area contributed by atoms with Gasteiger partial charge in [0.25, 0.3) is 0 Å². The molecule has 0 saturated heterocycles. The van der Waals surface area contributed by atoms with Gasteiger partial charge in [-0.25, -0.2) is 0 Å². The van der Waals surface area contributed by atoms with Crippen LogP contribution < -0.4 is 5.32 Å². The third-order valence-corrected chi connectivity index (χ3v) is 8.05. The van der Waals surface area contributed by atoms with E-state index in [2.05, 4.69) is 48.4 Å². The number of allylic oxidation sites excluding steroid dienone is 4. The monoisotopic (exact) mass is 681 g/mol. The summed E-state index contributed by atoms with van der Waals surface area (Å²) in [7, 11) is 0. The lowest BCUT2D eigenvalue weighted by atomic mass is 10.1. The fourth-order valence-electron chi connectivity index (χ4n) is 5.27. The minimum atomic E-state index is -0.715. The Morgan fingerprint density at radius 1 is 0.646 bits per heavy atom. The van der Waals surface area contributed by atoms with Crippen LogP contribution in [-0.2, 0) is 28.6 Å². The normalized spacial score (nSPS) is 11.8. The summed E-state index contributed by atoms with van der Waals surface area (Å²) in [5.74, 6) is -0.893. The van der Waals surface area contributed by atoms with E-state index >= 15 is 0 Å². The molecule has 0 atom stereocenters. The summed E-state index contributed by atoms with van der Waals surface area (Å²) in [6, 6.07) is 0. The quantitative estimate of drug-likeness (QED) is 0.0292. The minimum Gasteiger partial charge on any atom is -0.481 e. The number of carboxylic acid groups (broad SMARTS) is 1. The number of esters is 1. The van der Waals surface area contributed by atoms with Gasteiger partial charge in [-0.15, -0.1) is 0 Å². The highest BCUT2D eigenvalue weighted by atomic mass is 16.7. The molecule has 0 heterocycles. The average molecular weight is 681 g/mol. The Labute approximate surface area is 293 Å². The molecule has 0 unspecified atom stereocenters. The highest BCUT2D eigenvalue weighted by Crippen LogP contribution is 2.12. The number of nitrogens with one attached hydrogen (secondary N) is 1. The molecule has 0 rings (SSSR count). The van der Waals surface area contributed by atoms with E-state index in [9.17, 15) is 14.4 Å². The molecule has 0 spiro atoms. The predicted octanol–water partition coefficient (Wildman–Crippen LogP) is 8.76. The molecule has 9 nitrogen and oxygen atoms in total. The largest absolute Gasteiger partial charge is 0.481 e. The van der Waals surface area contributed by atoms with Gasteiger partial charge in [0, 0.05) is 39.5 Å². The van der Waals surface area contributed by atoms with Crippen LogP contribution in [0.5, 0.6) is 0 Å². The van der Waals surface area contributed by atoms with Gasteiger partial charge in [-0.05, 0) is 103 Å². The minimum absolute atomic E-state index is 0.00757. The van der Waals surface area contributed by atoms with Crippen molar-refractivity contribution in [3.63, 3.8) is 0 Å². The Kier molecular flexibility index (Phi) is 34.4. The highest BCUT2D eigenvalue weighted by Gasteiger charge is 2.13. The molecule has 2 N–H and O–H groups in total. The molecular weight excluding hydrogens is 608 g/mol. The predicted molar refractivity (Wildman–Crippen MR) is 196 cm³/mol. The zero-order valence-electron chi connectivity index (χ0n) is 31.0. The number of unbranched alkanes of at least 4 members (excludes halogenated alkanes) is 11. The first-order chi connectivity index (χ1) is 23.4. The summed E-state index contributed by atoms with van der Waals surface area (Å²) in [6.45, 7) is 11.3. The molecule has 0 aromatic rings. The first-order valence-electron chi connectivity index (χ1n) is 19.3. The zero-order valence-corrected chi connectivity index (χ0v) is 31.0. The summed E-state index contributed by atoms with van der Waals surface area (Å²) >= 11 is 0. The Hall–Kier alpha value is -2.23. The lowest BCUT2D eigenvalue weighted by Crippen LogP contribution is -2.30. The number of amides is 1. The number of hydrogen-bond donors (Lipinski definition) is 2. The van der Waals surface area contributed by atoms with Gasteiger partial charge in [-0.3, -0.25) is 14.4 Å². The maximum atomic E-state index is 12.5. The van der Waals surface area contributed by atoms with Crippen LogP contribution in [0.15, 0.2) is 24.3 Å². The lowest BCUT2D eigenvalue weighted by molar-refractivity contribution is -0.159. The molecular formula is C39H72N2O7. The van der Waals surface area contributed by atoms with E-state index in [0.29, 0.717) is 39.2 Å². The second kappa shape index (κ2) is 36.1. The van der Waals surface area contributed by atoms with E-state index < -0.39 is 5.97 Å². The van der Waals surface area contributed by atoms with Gasteiger partial charge < -0.3 is 29.5 Å². The number of carbonyl (C=O) groups excluding carboxylic acids is 2. The molecule has 280 valence electrons. The SMILES string of the molecule is CC/C=C\CCCCOC(CCC(=O)OCCCCCCN(CCCCCCCC(=O)O)CCCNC(C)=O)OCCCC/C=C\CC. The molecule has 0 fully saturated rings. The number of hydrogen-bond acceptors (Lipinski definition) is 7. The van der Waals surface area contributed by atoms with E-state index in [1.165, 1.54) is 0 Å². The van der Waals surface area contributed by atoms with Crippen molar-refractivity contribution >= 4 is 17.8 Å². The maximum Gasteiger partial charge on any atom is 0.305 e. The van der Waals surface area contributed by atoms with Crippen molar-refractivity contribution in [1.29, 1.82) is 0 Å². The molecule has 0 bridgehead atoms. The second-order valence-corrected chi connectivity index (χ2v) is 12.7. The number of carbonyl (C=O) groups is 3. The summed E-state index contributed by atoms with van der Waals surface area (Å²) in [5.41, 5.74) is 0. The summed E-state index contributed by atoms with van der Waals surface area (Å²) in [5, 5.41) is 11.7. The number of carboxylic acids is 1. The molecule has 0 saturated carbocycles. The number of aliphatic carboxylic acids is 1. The van der Waals surface area contributed by atoms with Crippen LogP contribution in [0.4, 0.5) is 0 Å². The number of nitrogens with zero attached hydrogens (tertiary/aromatic N) is 1. The smallest absolute Gasteiger partial charge is 0.305 e. The van der Waals surface area contributed by atoms with E-state index in [-0.39, 0.29) is 24.6 Å². The molecule has 0 aromatic carbocycles. The average Bonchev–Trinajstić information content (AvgIpc) is 3.06. The fourth-order valence-corrected chi connectivity index (χ4v) is 5.27. The van der Waals surface area contributed by atoms with Crippen molar-refractivity contribution in [1.82, 2.24) is 10.2 Å². The molecule has 0 aliphatic rings. The topological polar surface area (TPSA) is 114 Å². The Balaban J connectivity index is 4.28. The Morgan fingerprint density at radius 2 is 1.17 bits per heavy atom. The third-order valence-electron chi connectivity index (χ3n) is 8.05. The van der Waals surface area contributed by atoms with Crippen LogP contribution >= 0.6 is 0 Å². The van der Waals surface area contributed by atoms with Gasteiger partial charge in [0.05, 0.1) is 13.0 Å². The van der Waals surface area contributed by atoms with Crippen LogP contribution in [0.2, 0.25) is 0 Å². The van der Waals surface area contributed by atoms with Gasteiger partial charge in [0.1, 0.15) is 0 Å². The Bertz CT molecular complexity index is 794. The van der Waals surface area contributed by atoms with E-state index in [1.54, 1.807) is 6.92 Å². The van der Waals surface area contributed by atoms with Crippen LogP contribution in [-0.4, -0.2) is 80.1 Å². The van der Waals surface area contributed by atoms with Gasteiger partial charge in [-0.2, -0.15) is 0 Å². The summed E-state index contributed by atoms with van der Waals surface area (Å²) < 4.78 is 17.6. The molecule has 9 heteroatoms. The molecule has 1 amide bonds. The first kappa shape index (κ1) is 45.8. The standard InChI is InChI=1S/C39H72N2O7/c1-4-6-8-10-16-23-34-47-39(48-35-24-17-11-9-7-5-2)28-27-38(45)46-33-22-18-15-21-31-41(32-25-29-40-36(3)42)30-20-14-12-13-19-26-37(43)44/h6-9,39H,4-5,10-35H2,1-3H3,(H,40,42)(H,43,44)/b8-6-,9-7-. The van der Waals surface area contributed by atoms with E-state index in [1.807, 2.05) is 0 Å². The van der Waals surface area contributed by atoms with Crippen molar-refractivity contribution in [2.75, 3.05) is 46.0 Å².